The number of carbonyl (C=O) groups is 1. The van der Waals surface area contributed by atoms with Crippen molar-refractivity contribution >= 4 is 17.0 Å². The molecule has 0 bridgehead atoms. The lowest BCUT2D eigenvalue weighted by Crippen LogP contribution is -2.04. The van der Waals surface area contributed by atoms with Gasteiger partial charge < -0.3 is 14.1 Å². The van der Waals surface area contributed by atoms with Crippen LogP contribution in [0.5, 0.6) is 0 Å². The summed E-state index contributed by atoms with van der Waals surface area (Å²) in [7, 11) is 0. The van der Waals surface area contributed by atoms with Crippen molar-refractivity contribution in [2.24, 2.45) is 0 Å². The Morgan fingerprint density at radius 3 is 3.21 bits per heavy atom. The Kier molecular flexibility index (Phi) is 2.71. The van der Waals surface area contributed by atoms with E-state index in [-0.39, 0.29) is 18.4 Å². The summed E-state index contributed by atoms with van der Waals surface area (Å²) in [5.74, 6) is -0.531. The van der Waals surface area contributed by atoms with E-state index in [0.717, 1.165) is 5.39 Å². The minimum absolute atomic E-state index is 0.157. The number of H-pyrrole nitrogens is 1. The molecule has 19 heavy (non-hydrogen) atoms. The number of aromatic amines is 1. The zero-order chi connectivity index (χ0) is 13.2. The molecule has 0 saturated carbocycles. The molecule has 7 nitrogen and oxygen atoms in total. The van der Waals surface area contributed by atoms with E-state index in [1.807, 2.05) is 12.1 Å². The maximum absolute atomic E-state index is 11.5. The summed E-state index contributed by atoms with van der Waals surface area (Å²) in [6.45, 7) is 1.97. The first-order chi connectivity index (χ1) is 9.29. The van der Waals surface area contributed by atoms with E-state index in [1.165, 1.54) is 0 Å². The van der Waals surface area contributed by atoms with Crippen LogP contribution in [0.4, 0.5) is 0 Å². The van der Waals surface area contributed by atoms with Crippen LogP contribution < -0.4 is 0 Å². The van der Waals surface area contributed by atoms with Crippen LogP contribution in [0.2, 0.25) is 0 Å². The van der Waals surface area contributed by atoms with Crippen molar-refractivity contribution in [1.82, 2.24) is 20.2 Å². The van der Waals surface area contributed by atoms with E-state index in [9.17, 15) is 4.79 Å². The SMILES string of the molecule is CCOC(=O)c1nnc(-c2c[nH]c3ncccc23)o1. The third-order valence-electron chi connectivity index (χ3n) is 2.56. The lowest BCUT2D eigenvalue weighted by atomic mass is 10.2. The molecular formula is C12H10N4O3. The molecule has 0 radical (unpaired) electrons. The van der Waals surface area contributed by atoms with Gasteiger partial charge in [-0.15, -0.1) is 10.2 Å². The number of hydrogen-bond acceptors (Lipinski definition) is 6. The fourth-order valence-corrected chi connectivity index (χ4v) is 1.74. The fraction of sp³-hybridized carbons (Fsp3) is 0.167. The van der Waals surface area contributed by atoms with E-state index >= 15 is 0 Å². The first-order valence-corrected chi connectivity index (χ1v) is 5.72. The number of pyridine rings is 1. The first-order valence-electron chi connectivity index (χ1n) is 5.72. The predicted molar refractivity (Wildman–Crippen MR) is 65.3 cm³/mol. The fourth-order valence-electron chi connectivity index (χ4n) is 1.74. The number of hydrogen-bond donors (Lipinski definition) is 1. The molecule has 0 aliphatic carbocycles. The molecule has 3 rings (SSSR count). The van der Waals surface area contributed by atoms with Gasteiger partial charge in [0.25, 0.3) is 5.89 Å². The van der Waals surface area contributed by atoms with Gasteiger partial charge in [-0.2, -0.15) is 0 Å². The number of rotatable bonds is 3. The lowest BCUT2D eigenvalue weighted by molar-refractivity contribution is 0.0481. The molecule has 0 amide bonds. The number of aromatic nitrogens is 4. The number of carbonyl (C=O) groups excluding carboxylic acids is 1. The topological polar surface area (TPSA) is 93.9 Å². The Labute approximate surface area is 107 Å². The number of nitrogens with zero attached hydrogens (tertiary/aromatic N) is 3. The average molecular weight is 258 g/mol. The minimum atomic E-state index is -0.626. The zero-order valence-electron chi connectivity index (χ0n) is 10.1. The van der Waals surface area contributed by atoms with Gasteiger partial charge in [0.1, 0.15) is 5.65 Å². The third kappa shape index (κ3) is 1.95. The second-order valence-electron chi connectivity index (χ2n) is 3.73. The number of ether oxygens (including phenoxy) is 1. The number of esters is 1. The Bertz CT molecular complexity index is 731. The molecule has 0 atom stereocenters. The van der Waals surface area contributed by atoms with Crippen LogP contribution in [0.3, 0.4) is 0 Å². The molecule has 0 spiro atoms. The molecule has 3 heterocycles. The van der Waals surface area contributed by atoms with Crippen molar-refractivity contribution in [1.29, 1.82) is 0 Å². The molecule has 7 heteroatoms. The van der Waals surface area contributed by atoms with Gasteiger partial charge in [-0.1, -0.05) is 0 Å². The first kappa shape index (κ1) is 11.4. The van der Waals surface area contributed by atoms with Crippen molar-refractivity contribution in [3.8, 4) is 11.5 Å². The highest BCUT2D eigenvalue weighted by Gasteiger charge is 2.18. The Morgan fingerprint density at radius 1 is 1.47 bits per heavy atom. The molecule has 3 aromatic heterocycles. The third-order valence-corrected chi connectivity index (χ3v) is 2.56. The monoisotopic (exact) mass is 258 g/mol. The van der Waals surface area contributed by atoms with Gasteiger partial charge in [-0.25, -0.2) is 9.78 Å². The van der Waals surface area contributed by atoms with Crippen LogP contribution in [0, 0.1) is 0 Å². The van der Waals surface area contributed by atoms with Gasteiger partial charge in [0.2, 0.25) is 0 Å². The van der Waals surface area contributed by atoms with Gasteiger partial charge in [0, 0.05) is 17.8 Å². The van der Waals surface area contributed by atoms with E-state index < -0.39 is 5.97 Å². The van der Waals surface area contributed by atoms with Gasteiger partial charge in [0.05, 0.1) is 12.2 Å². The summed E-state index contributed by atoms with van der Waals surface area (Å²) in [5.41, 5.74) is 1.42. The standard InChI is InChI=1S/C12H10N4O3/c1-2-18-12(17)11-16-15-10(19-11)8-6-14-9-7(8)4-3-5-13-9/h3-6H,2H2,1H3,(H,13,14). The number of fused-ring (bicyclic) bond motifs is 1. The highest BCUT2D eigenvalue weighted by molar-refractivity contribution is 5.91. The van der Waals surface area contributed by atoms with Crippen LogP contribution in [0.1, 0.15) is 17.6 Å². The largest absolute Gasteiger partial charge is 0.459 e. The summed E-state index contributed by atoms with van der Waals surface area (Å²) in [6.07, 6.45) is 3.39. The summed E-state index contributed by atoms with van der Waals surface area (Å²) in [5, 5.41) is 8.37. The highest BCUT2D eigenvalue weighted by Crippen LogP contribution is 2.26. The highest BCUT2D eigenvalue weighted by atomic mass is 16.5. The van der Waals surface area contributed by atoms with Crippen molar-refractivity contribution < 1.29 is 13.9 Å². The molecule has 0 unspecified atom stereocenters. The summed E-state index contributed by atoms with van der Waals surface area (Å²) in [6, 6.07) is 3.69. The van der Waals surface area contributed by atoms with E-state index in [0.29, 0.717) is 11.2 Å². The molecule has 0 aromatic carbocycles. The van der Waals surface area contributed by atoms with Crippen LogP contribution in [-0.2, 0) is 4.74 Å². The second-order valence-corrected chi connectivity index (χ2v) is 3.73. The van der Waals surface area contributed by atoms with Crippen molar-refractivity contribution in [3.63, 3.8) is 0 Å². The lowest BCUT2D eigenvalue weighted by Gasteiger charge is -1.94. The Morgan fingerprint density at radius 2 is 2.37 bits per heavy atom. The maximum atomic E-state index is 11.5. The normalized spacial score (nSPS) is 10.8. The Balaban J connectivity index is 2.01. The molecule has 0 aliphatic rings. The molecule has 1 N–H and O–H groups in total. The quantitative estimate of drug-likeness (QED) is 0.720. The minimum Gasteiger partial charge on any atom is -0.459 e. The van der Waals surface area contributed by atoms with E-state index in [1.54, 1.807) is 19.3 Å². The molecule has 0 fully saturated rings. The average Bonchev–Trinajstić information content (AvgIpc) is 3.05. The molecule has 0 aliphatic heterocycles. The molecular weight excluding hydrogens is 248 g/mol. The molecule has 96 valence electrons. The van der Waals surface area contributed by atoms with Crippen molar-refractivity contribution in [2.75, 3.05) is 6.61 Å². The van der Waals surface area contributed by atoms with Crippen LogP contribution in [0.15, 0.2) is 28.9 Å². The summed E-state index contributed by atoms with van der Waals surface area (Å²) in [4.78, 5) is 18.6. The predicted octanol–water partition coefficient (Wildman–Crippen LogP) is 1.79. The molecule has 3 aromatic rings. The van der Waals surface area contributed by atoms with E-state index in [2.05, 4.69) is 20.2 Å². The molecule has 0 saturated heterocycles. The van der Waals surface area contributed by atoms with Crippen LogP contribution in [0.25, 0.3) is 22.5 Å². The number of nitrogens with one attached hydrogen (secondary N) is 1. The van der Waals surface area contributed by atoms with Gasteiger partial charge in [-0.05, 0) is 19.1 Å². The zero-order valence-corrected chi connectivity index (χ0v) is 10.1. The van der Waals surface area contributed by atoms with E-state index in [4.69, 9.17) is 9.15 Å². The summed E-state index contributed by atoms with van der Waals surface area (Å²) < 4.78 is 10.1. The maximum Gasteiger partial charge on any atom is 0.396 e. The second kappa shape index (κ2) is 4.52. The van der Waals surface area contributed by atoms with Crippen molar-refractivity contribution in [2.45, 2.75) is 6.92 Å². The smallest absolute Gasteiger partial charge is 0.396 e. The van der Waals surface area contributed by atoms with Gasteiger partial charge in [0.15, 0.2) is 0 Å². The van der Waals surface area contributed by atoms with Gasteiger partial charge in [-0.3, -0.25) is 0 Å². The van der Waals surface area contributed by atoms with Crippen molar-refractivity contribution in [3.05, 3.63) is 30.4 Å². The van der Waals surface area contributed by atoms with Crippen LogP contribution >= 0.6 is 0 Å². The summed E-state index contributed by atoms with van der Waals surface area (Å²) >= 11 is 0. The van der Waals surface area contributed by atoms with Crippen LogP contribution in [-0.4, -0.2) is 32.7 Å². The Hall–Kier alpha value is -2.70. The van der Waals surface area contributed by atoms with Gasteiger partial charge >= 0.3 is 11.9 Å².